The number of hydrogen-bond acceptors (Lipinski definition) is 4. The summed E-state index contributed by atoms with van der Waals surface area (Å²) in [4.78, 5) is 0. The molecule has 0 spiro atoms. The van der Waals surface area contributed by atoms with Gasteiger partial charge in [-0.3, -0.25) is 0 Å². The first-order valence-corrected chi connectivity index (χ1v) is 7.86. The monoisotopic (exact) mass is 249 g/mol. The molecule has 1 fully saturated rings. The lowest BCUT2D eigenvalue weighted by molar-refractivity contribution is 0.0517. The highest BCUT2D eigenvalue weighted by atomic mass is 32.2. The van der Waals surface area contributed by atoms with E-state index in [2.05, 4.69) is 0 Å². The van der Waals surface area contributed by atoms with E-state index in [0.717, 1.165) is 25.7 Å². The lowest BCUT2D eigenvalue weighted by Gasteiger charge is -2.31. The van der Waals surface area contributed by atoms with Gasteiger partial charge in [0.05, 0.1) is 11.9 Å². The van der Waals surface area contributed by atoms with Gasteiger partial charge in [0, 0.05) is 17.7 Å². The molecule has 0 aromatic heterocycles. The molecule has 3 N–H and O–H groups in total. The van der Waals surface area contributed by atoms with E-state index in [0.29, 0.717) is 13.0 Å². The lowest BCUT2D eigenvalue weighted by atomic mass is 9.80. The van der Waals surface area contributed by atoms with Gasteiger partial charge in [0.1, 0.15) is 9.84 Å². The molecule has 0 saturated heterocycles. The predicted octanol–water partition coefficient (Wildman–Crippen LogP) is 0.691. The van der Waals surface area contributed by atoms with Crippen LogP contribution in [0.3, 0.4) is 0 Å². The molecule has 0 aliphatic heterocycles. The molecule has 0 aromatic carbocycles. The third-order valence-corrected chi connectivity index (χ3v) is 5.63. The lowest BCUT2D eigenvalue weighted by Crippen LogP contribution is -2.38. The molecule has 1 saturated carbocycles. The van der Waals surface area contributed by atoms with E-state index in [1.165, 1.54) is 0 Å². The van der Waals surface area contributed by atoms with Crippen molar-refractivity contribution in [1.82, 2.24) is 0 Å². The van der Waals surface area contributed by atoms with Crippen LogP contribution in [0.25, 0.3) is 0 Å². The van der Waals surface area contributed by atoms with Crippen LogP contribution in [0, 0.1) is 5.41 Å². The second kappa shape index (κ2) is 5.47. The van der Waals surface area contributed by atoms with Crippen molar-refractivity contribution in [3.05, 3.63) is 0 Å². The zero-order valence-electron chi connectivity index (χ0n) is 9.98. The molecule has 16 heavy (non-hydrogen) atoms. The number of sulfone groups is 1. The van der Waals surface area contributed by atoms with Crippen LogP contribution >= 0.6 is 0 Å². The van der Waals surface area contributed by atoms with E-state index >= 15 is 0 Å². The third kappa shape index (κ3) is 3.18. The van der Waals surface area contributed by atoms with Gasteiger partial charge in [-0.15, -0.1) is 0 Å². The quantitative estimate of drug-likeness (QED) is 0.726. The first-order valence-electron chi connectivity index (χ1n) is 6.04. The molecular formula is C11H23NO3S. The van der Waals surface area contributed by atoms with Crippen molar-refractivity contribution < 1.29 is 13.5 Å². The highest BCUT2D eigenvalue weighted by Crippen LogP contribution is 2.41. The van der Waals surface area contributed by atoms with Crippen LogP contribution in [-0.4, -0.2) is 37.7 Å². The number of nitrogens with two attached hydrogens (primary N) is 1. The van der Waals surface area contributed by atoms with Crippen LogP contribution in [0.1, 0.15) is 39.0 Å². The van der Waals surface area contributed by atoms with Crippen molar-refractivity contribution in [2.75, 3.05) is 18.1 Å². The molecule has 0 amide bonds. The second-order valence-electron chi connectivity index (χ2n) is 4.81. The molecule has 96 valence electrons. The summed E-state index contributed by atoms with van der Waals surface area (Å²) >= 11 is 0. The van der Waals surface area contributed by atoms with Crippen molar-refractivity contribution in [1.29, 1.82) is 0 Å². The Morgan fingerprint density at radius 3 is 2.62 bits per heavy atom. The van der Waals surface area contributed by atoms with E-state index in [9.17, 15) is 13.5 Å². The Bertz CT molecular complexity index is 315. The maximum Gasteiger partial charge on any atom is 0.150 e. The molecule has 5 heteroatoms. The van der Waals surface area contributed by atoms with Crippen molar-refractivity contribution in [2.24, 2.45) is 11.1 Å². The molecule has 0 radical (unpaired) electrons. The molecule has 2 atom stereocenters. The molecule has 0 bridgehead atoms. The first kappa shape index (κ1) is 13.9. The van der Waals surface area contributed by atoms with Gasteiger partial charge in [-0.1, -0.05) is 13.3 Å². The van der Waals surface area contributed by atoms with Crippen molar-refractivity contribution >= 4 is 9.84 Å². The molecule has 1 aliphatic rings. The van der Waals surface area contributed by atoms with Crippen LogP contribution in [0.2, 0.25) is 0 Å². The van der Waals surface area contributed by atoms with Crippen molar-refractivity contribution in [3.63, 3.8) is 0 Å². The van der Waals surface area contributed by atoms with Gasteiger partial charge in [-0.25, -0.2) is 8.42 Å². The maximum absolute atomic E-state index is 11.4. The van der Waals surface area contributed by atoms with Crippen LogP contribution in [0.4, 0.5) is 0 Å². The van der Waals surface area contributed by atoms with E-state index in [-0.39, 0.29) is 23.0 Å². The Morgan fingerprint density at radius 2 is 2.19 bits per heavy atom. The largest absolute Gasteiger partial charge is 0.393 e. The minimum atomic E-state index is -2.89. The summed E-state index contributed by atoms with van der Waals surface area (Å²) in [5.74, 6) is 0.420. The summed E-state index contributed by atoms with van der Waals surface area (Å²) in [7, 11) is -2.89. The topological polar surface area (TPSA) is 80.4 Å². The molecule has 2 unspecified atom stereocenters. The zero-order valence-corrected chi connectivity index (χ0v) is 10.8. The number of aliphatic hydroxyl groups is 1. The summed E-state index contributed by atoms with van der Waals surface area (Å²) < 4.78 is 22.7. The minimum absolute atomic E-state index is 0.200. The summed E-state index contributed by atoms with van der Waals surface area (Å²) in [6.45, 7) is 2.12. The zero-order chi connectivity index (χ0) is 12.2. The van der Waals surface area contributed by atoms with E-state index in [4.69, 9.17) is 5.73 Å². The van der Waals surface area contributed by atoms with Gasteiger partial charge in [-0.2, -0.15) is 0 Å². The average molecular weight is 249 g/mol. The summed E-state index contributed by atoms with van der Waals surface area (Å²) in [5.41, 5.74) is 5.51. The molecule has 1 aliphatic carbocycles. The van der Waals surface area contributed by atoms with Crippen LogP contribution in [0.5, 0.6) is 0 Å². The van der Waals surface area contributed by atoms with Crippen LogP contribution < -0.4 is 5.73 Å². The fourth-order valence-corrected chi connectivity index (χ4v) is 3.41. The minimum Gasteiger partial charge on any atom is -0.393 e. The Balaban J connectivity index is 2.47. The molecule has 4 nitrogen and oxygen atoms in total. The Kier molecular flexibility index (Phi) is 4.76. The molecule has 1 rings (SSSR count). The van der Waals surface area contributed by atoms with E-state index in [1.807, 2.05) is 0 Å². The molecular weight excluding hydrogens is 226 g/mol. The van der Waals surface area contributed by atoms with Gasteiger partial charge in [0.2, 0.25) is 0 Å². The van der Waals surface area contributed by atoms with Gasteiger partial charge >= 0.3 is 0 Å². The summed E-state index contributed by atoms with van der Waals surface area (Å²) in [6, 6.07) is 0. The Hall–Kier alpha value is -0.130. The van der Waals surface area contributed by atoms with E-state index in [1.54, 1.807) is 6.92 Å². The van der Waals surface area contributed by atoms with Gasteiger partial charge in [-0.05, 0) is 25.7 Å². The highest BCUT2D eigenvalue weighted by Gasteiger charge is 2.40. The summed E-state index contributed by atoms with van der Waals surface area (Å²) in [5, 5.41) is 9.90. The van der Waals surface area contributed by atoms with Crippen LogP contribution in [0.15, 0.2) is 0 Å². The average Bonchev–Trinajstić information content (AvgIpc) is 2.61. The van der Waals surface area contributed by atoms with Gasteiger partial charge in [0.25, 0.3) is 0 Å². The SMILES string of the molecule is CCS(=O)(=O)CCCC1(CN)CCCC1O. The number of aliphatic hydroxyl groups excluding tert-OH is 1. The molecule has 0 aromatic rings. The van der Waals surface area contributed by atoms with Gasteiger partial charge < -0.3 is 10.8 Å². The van der Waals surface area contributed by atoms with Crippen LogP contribution in [-0.2, 0) is 9.84 Å². The maximum atomic E-state index is 11.4. The van der Waals surface area contributed by atoms with E-state index < -0.39 is 9.84 Å². The van der Waals surface area contributed by atoms with Crippen molar-refractivity contribution in [3.8, 4) is 0 Å². The second-order valence-corrected chi connectivity index (χ2v) is 7.29. The standard InChI is InChI=1S/C11H23NO3S/c1-2-16(14,15)8-4-7-11(9-12)6-3-5-10(11)13/h10,13H,2-9,12H2,1H3. The predicted molar refractivity (Wildman–Crippen MR) is 64.9 cm³/mol. The Morgan fingerprint density at radius 1 is 1.50 bits per heavy atom. The number of rotatable bonds is 6. The Labute approximate surface area is 98.1 Å². The van der Waals surface area contributed by atoms with Crippen molar-refractivity contribution in [2.45, 2.75) is 45.1 Å². The number of hydrogen-bond donors (Lipinski definition) is 2. The van der Waals surface area contributed by atoms with Gasteiger partial charge in [0.15, 0.2) is 0 Å². The smallest absolute Gasteiger partial charge is 0.150 e. The highest BCUT2D eigenvalue weighted by molar-refractivity contribution is 7.91. The summed E-state index contributed by atoms with van der Waals surface area (Å²) in [6.07, 6.45) is 3.73. The third-order valence-electron chi connectivity index (χ3n) is 3.84. The molecule has 0 heterocycles. The fraction of sp³-hybridized carbons (Fsp3) is 1.00. The first-order chi connectivity index (χ1) is 7.46. The normalized spacial score (nSPS) is 30.8. The fourth-order valence-electron chi connectivity index (χ4n) is 2.54.